The van der Waals surface area contributed by atoms with Crippen LogP contribution in [-0.4, -0.2) is 55.8 Å². The van der Waals surface area contributed by atoms with Crippen molar-refractivity contribution in [1.82, 2.24) is 19.0 Å². The number of carboxylic acids is 1. The predicted octanol–water partition coefficient (Wildman–Crippen LogP) is 3.92. The van der Waals surface area contributed by atoms with Crippen molar-refractivity contribution >= 4 is 28.4 Å². The number of unbranched alkanes of at least 4 members (excludes halogenated alkanes) is 1. The fourth-order valence-electron chi connectivity index (χ4n) is 6.67. The number of fused-ring (bicyclic) bond motifs is 1. The van der Waals surface area contributed by atoms with Crippen LogP contribution in [0, 0.1) is 12.7 Å². The lowest BCUT2D eigenvalue weighted by atomic mass is 9.90. The van der Waals surface area contributed by atoms with Crippen LogP contribution in [-0.2, 0) is 19.5 Å². The van der Waals surface area contributed by atoms with E-state index in [1.165, 1.54) is 28.0 Å². The summed E-state index contributed by atoms with van der Waals surface area (Å²) >= 11 is 0. The number of pyridine rings is 1. The third kappa shape index (κ3) is 6.54. The van der Waals surface area contributed by atoms with Gasteiger partial charge in [0.2, 0.25) is 5.43 Å². The second kappa shape index (κ2) is 13.8. The van der Waals surface area contributed by atoms with Gasteiger partial charge in [-0.1, -0.05) is 13.0 Å². The molecule has 1 aliphatic heterocycles. The van der Waals surface area contributed by atoms with Crippen molar-refractivity contribution in [1.29, 1.82) is 0 Å². The van der Waals surface area contributed by atoms with Crippen LogP contribution in [0.3, 0.4) is 0 Å². The molecule has 4 aromatic rings. The van der Waals surface area contributed by atoms with Gasteiger partial charge < -0.3 is 20.7 Å². The number of rotatable bonds is 12. The van der Waals surface area contributed by atoms with E-state index >= 15 is 4.39 Å². The molecule has 1 fully saturated rings. The number of hydrogen-bond donors (Lipinski definition) is 4. The molecule has 0 aliphatic carbocycles. The number of anilines is 2. The van der Waals surface area contributed by atoms with Crippen LogP contribution in [0.1, 0.15) is 66.1 Å². The maximum atomic E-state index is 15.5. The summed E-state index contributed by atoms with van der Waals surface area (Å²) in [7, 11) is 0. The highest BCUT2D eigenvalue weighted by Crippen LogP contribution is 2.36. The smallest absolute Gasteiger partial charge is 0.341 e. The fourth-order valence-corrected chi connectivity index (χ4v) is 6.67. The zero-order valence-electron chi connectivity index (χ0n) is 26.4. The number of carbonyl (C=O) groups is 1. The Kier molecular flexibility index (Phi) is 9.88. The molecule has 0 radical (unpaired) electrons. The SMILES string of the molecule is CCc1cc(Nc2cc(=O)n(CCCCN3CCC(c4cc5c(cc4F)c(=O)c(C(=O)O)cn5CC)C3CN)c(=O)[nH]2)ccc1C. The number of nitrogens with two attached hydrogens (primary N) is 1. The van der Waals surface area contributed by atoms with Crippen LogP contribution < -0.4 is 27.7 Å². The minimum atomic E-state index is -1.35. The Morgan fingerprint density at radius 3 is 2.54 bits per heavy atom. The number of H-pyrrole nitrogens is 1. The topological polar surface area (TPSA) is 155 Å². The highest BCUT2D eigenvalue weighted by molar-refractivity contribution is 5.92. The van der Waals surface area contributed by atoms with Gasteiger partial charge in [-0.15, -0.1) is 0 Å². The number of nitrogens with zero attached hydrogens (tertiary/aromatic N) is 3. The van der Waals surface area contributed by atoms with Crippen molar-refractivity contribution in [3.05, 3.63) is 102 Å². The van der Waals surface area contributed by atoms with E-state index in [0.29, 0.717) is 62.3 Å². The normalized spacial score (nSPS) is 16.7. The molecule has 0 bridgehead atoms. The number of nitrogens with one attached hydrogen (secondary N) is 2. The zero-order chi connectivity index (χ0) is 33.1. The first kappa shape index (κ1) is 32.8. The van der Waals surface area contributed by atoms with Crippen molar-refractivity contribution in [2.24, 2.45) is 5.73 Å². The number of hydrogen-bond acceptors (Lipinski definition) is 7. The Morgan fingerprint density at radius 2 is 1.87 bits per heavy atom. The Morgan fingerprint density at radius 1 is 1.11 bits per heavy atom. The average Bonchev–Trinajstić information content (AvgIpc) is 3.43. The molecule has 5 rings (SSSR count). The second-order valence-corrected chi connectivity index (χ2v) is 11.9. The number of aromatic amines is 1. The highest BCUT2D eigenvalue weighted by atomic mass is 19.1. The van der Waals surface area contributed by atoms with Gasteiger partial charge in [0.15, 0.2) is 0 Å². The van der Waals surface area contributed by atoms with Crippen LogP contribution >= 0.6 is 0 Å². The third-order valence-corrected chi connectivity index (χ3v) is 9.18. The first-order chi connectivity index (χ1) is 22.1. The molecule has 2 aromatic carbocycles. The summed E-state index contributed by atoms with van der Waals surface area (Å²) in [5.74, 6) is -1.77. The van der Waals surface area contributed by atoms with Gasteiger partial charge in [-0.3, -0.25) is 24.0 Å². The Hall–Kier alpha value is -4.55. The number of aryl methyl sites for hydroxylation is 3. The lowest BCUT2D eigenvalue weighted by molar-refractivity contribution is 0.0695. The van der Waals surface area contributed by atoms with Crippen LogP contribution in [0.25, 0.3) is 10.9 Å². The molecule has 11 nitrogen and oxygen atoms in total. The van der Waals surface area contributed by atoms with Gasteiger partial charge in [-0.05, 0) is 93.6 Å². The summed E-state index contributed by atoms with van der Waals surface area (Å²) in [6, 6.07) is 9.98. The molecule has 1 aliphatic rings. The molecule has 2 atom stereocenters. The van der Waals surface area contributed by atoms with Crippen LogP contribution in [0.4, 0.5) is 15.9 Å². The molecule has 0 amide bonds. The maximum absolute atomic E-state index is 15.5. The van der Waals surface area contributed by atoms with Crippen LogP contribution in [0.15, 0.2) is 57.0 Å². The van der Waals surface area contributed by atoms with E-state index in [9.17, 15) is 24.3 Å². The quantitative estimate of drug-likeness (QED) is 0.171. The summed E-state index contributed by atoms with van der Waals surface area (Å²) < 4.78 is 18.4. The summed E-state index contributed by atoms with van der Waals surface area (Å²) in [6.45, 7) is 8.28. The van der Waals surface area contributed by atoms with Gasteiger partial charge in [0.05, 0.1) is 5.52 Å². The molecule has 1 saturated heterocycles. The van der Waals surface area contributed by atoms with E-state index in [1.807, 2.05) is 32.0 Å². The van der Waals surface area contributed by atoms with Gasteiger partial charge in [-0.2, -0.15) is 0 Å². The van der Waals surface area contributed by atoms with E-state index in [-0.39, 0.29) is 29.4 Å². The number of benzene rings is 2. The maximum Gasteiger partial charge on any atom is 0.341 e. The third-order valence-electron chi connectivity index (χ3n) is 9.18. The average molecular weight is 633 g/mol. The molecular formula is C34H41FN6O5. The van der Waals surface area contributed by atoms with Gasteiger partial charge in [0, 0.05) is 54.9 Å². The molecule has 2 aromatic heterocycles. The molecule has 0 spiro atoms. The summed E-state index contributed by atoms with van der Waals surface area (Å²) in [4.78, 5) is 54.9. The second-order valence-electron chi connectivity index (χ2n) is 11.9. The van der Waals surface area contributed by atoms with Crippen molar-refractivity contribution in [3.63, 3.8) is 0 Å². The molecule has 3 heterocycles. The van der Waals surface area contributed by atoms with E-state index < -0.39 is 28.5 Å². The summed E-state index contributed by atoms with van der Waals surface area (Å²) in [6.07, 6.45) is 4.14. The molecule has 2 unspecified atom stereocenters. The molecule has 12 heteroatoms. The van der Waals surface area contributed by atoms with Gasteiger partial charge in [-0.25, -0.2) is 14.0 Å². The number of halogens is 1. The largest absolute Gasteiger partial charge is 0.477 e. The standard InChI is InChI=1S/C34H41FN6O5/c1-4-21-14-22(9-8-20(21)3)37-30-17-31(42)41(34(46)38-30)12-7-6-11-40-13-10-23(29(40)18-36)24-16-28-25(15-27(24)35)32(43)26(33(44)45)19-39(28)5-2/h8-9,14-17,19,23,29,37H,4-7,10-13,18,36H2,1-3H3,(H,38,46)(H,44,45). The highest BCUT2D eigenvalue weighted by Gasteiger charge is 2.35. The minimum absolute atomic E-state index is 0.0389. The first-order valence-corrected chi connectivity index (χ1v) is 15.8. The van der Waals surface area contributed by atoms with E-state index in [0.717, 1.165) is 18.2 Å². The van der Waals surface area contributed by atoms with E-state index in [4.69, 9.17) is 5.73 Å². The van der Waals surface area contributed by atoms with E-state index in [1.54, 1.807) is 10.6 Å². The fraction of sp³-hybridized carbons (Fsp3) is 0.412. The first-order valence-electron chi connectivity index (χ1n) is 15.8. The van der Waals surface area contributed by atoms with Gasteiger partial charge in [0.1, 0.15) is 17.2 Å². The number of aromatic carboxylic acids is 1. The molecular weight excluding hydrogens is 591 g/mol. The van der Waals surface area contributed by atoms with Crippen molar-refractivity contribution < 1.29 is 14.3 Å². The van der Waals surface area contributed by atoms with Crippen molar-refractivity contribution in [2.45, 2.75) is 71.5 Å². The zero-order valence-corrected chi connectivity index (χ0v) is 26.4. The Bertz CT molecular complexity index is 1920. The van der Waals surface area contributed by atoms with Crippen LogP contribution in [0.5, 0.6) is 0 Å². The van der Waals surface area contributed by atoms with Gasteiger partial charge in [0.25, 0.3) is 5.56 Å². The number of likely N-dealkylation sites (tertiary alicyclic amines) is 1. The minimum Gasteiger partial charge on any atom is -0.477 e. The Balaban J connectivity index is 1.24. The van der Waals surface area contributed by atoms with Crippen LogP contribution in [0.2, 0.25) is 0 Å². The van der Waals surface area contributed by atoms with Crippen molar-refractivity contribution in [3.8, 4) is 0 Å². The lowest BCUT2D eigenvalue weighted by Crippen LogP contribution is -2.39. The predicted molar refractivity (Wildman–Crippen MR) is 177 cm³/mol. The summed E-state index contributed by atoms with van der Waals surface area (Å²) in [5.41, 5.74) is 8.34. The molecule has 244 valence electrons. The Labute approximate surface area is 265 Å². The molecule has 5 N–H and O–H groups in total. The van der Waals surface area contributed by atoms with E-state index in [2.05, 4.69) is 22.1 Å². The molecule has 0 saturated carbocycles. The summed E-state index contributed by atoms with van der Waals surface area (Å²) in [5, 5.41) is 12.6. The number of aromatic nitrogens is 3. The monoisotopic (exact) mass is 632 g/mol. The number of carboxylic acid groups (broad SMARTS) is 1. The lowest BCUT2D eigenvalue weighted by Gasteiger charge is -2.28. The van der Waals surface area contributed by atoms with Crippen molar-refractivity contribution in [2.75, 3.05) is 25.0 Å². The molecule has 46 heavy (non-hydrogen) atoms. The van der Waals surface area contributed by atoms with Gasteiger partial charge >= 0.3 is 11.7 Å².